The average molecular weight is 249 g/mol. The predicted molar refractivity (Wildman–Crippen MR) is 68.4 cm³/mol. The molecule has 0 fully saturated rings. The zero-order chi connectivity index (χ0) is 11.0. The summed E-state index contributed by atoms with van der Waals surface area (Å²) < 4.78 is 0. The molecular weight excluding hydrogens is 228 g/mol. The minimum Gasteiger partial charge on any atom is -1.00 e. The van der Waals surface area contributed by atoms with E-state index >= 15 is 0 Å². The minimum absolute atomic E-state index is 0. The van der Waals surface area contributed by atoms with Gasteiger partial charge in [-0.2, -0.15) is 35.4 Å². The molecular formula is C14H21ClMg. The summed E-state index contributed by atoms with van der Waals surface area (Å²) in [5.74, 6) is 0. The molecule has 0 atom stereocenters. The van der Waals surface area contributed by atoms with Crippen molar-refractivity contribution in [3.8, 4) is 0 Å². The fourth-order valence-corrected chi connectivity index (χ4v) is 1.34. The maximum Gasteiger partial charge on any atom is 2.00 e. The second kappa shape index (κ2) is 6.27. The summed E-state index contributed by atoms with van der Waals surface area (Å²) >= 11 is 0. The Hall–Kier alpha value is 0.276. The maximum atomic E-state index is 3.24. The fourth-order valence-electron chi connectivity index (χ4n) is 1.34. The maximum absolute atomic E-state index is 3.24. The second-order valence-corrected chi connectivity index (χ2v) is 6.01. The summed E-state index contributed by atoms with van der Waals surface area (Å²) in [6.07, 6.45) is 0. The van der Waals surface area contributed by atoms with Crippen LogP contribution in [0.3, 0.4) is 0 Å². The molecule has 0 amide bonds. The van der Waals surface area contributed by atoms with Crippen LogP contribution in [0, 0.1) is 6.07 Å². The van der Waals surface area contributed by atoms with Gasteiger partial charge in [0.15, 0.2) is 0 Å². The molecule has 0 bridgehead atoms. The quantitative estimate of drug-likeness (QED) is 0.469. The molecule has 0 aromatic heterocycles. The van der Waals surface area contributed by atoms with Crippen LogP contribution in [-0.4, -0.2) is 23.1 Å². The van der Waals surface area contributed by atoms with Gasteiger partial charge in [0.25, 0.3) is 0 Å². The monoisotopic (exact) mass is 248 g/mol. The van der Waals surface area contributed by atoms with Gasteiger partial charge in [-0.25, -0.2) is 0 Å². The van der Waals surface area contributed by atoms with E-state index in [4.69, 9.17) is 0 Å². The molecule has 0 heterocycles. The Kier molecular flexibility index (Phi) is 7.31. The van der Waals surface area contributed by atoms with Crippen molar-refractivity contribution in [1.29, 1.82) is 0 Å². The minimum atomic E-state index is 0. The largest absolute Gasteiger partial charge is 2.00 e. The summed E-state index contributed by atoms with van der Waals surface area (Å²) in [5.41, 5.74) is 3.17. The van der Waals surface area contributed by atoms with Crippen molar-refractivity contribution in [3.05, 3.63) is 35.4 Å². The summed E-state index contributed by atoms with van der Waals surface area (Å²) in [6, 6.07) is 9.73. The van der Waals surface area contributed by atoms with E-state index in [1.807, 2.05) is 0 Å². The first-order valence-corrected chi connectivity index (χ1v) is 5.23. The smallest absolute Gasteiger partial charge is 1.00 e. The van der Waals surface area contributed by atoms with Crippen LogP contribution in [0.1, 0.15) is 52.7 Å². The first kappa shape index (κ1) is 18.6. The van der Waals surface area contributed by atoms with Crippen molar-refractivity contribution >= 4 is 23.1 Å². The standard InChI is InChI=1S/C14H21.ClH.Mg/c1-13(2,3)11-8-7-9-12(10-11)14(4,5)6;;/h8-10H,1-6H3;1H;/q-1;;+2/p-1. The Bertz CT molecular complexity index is 289. The van der Waals surface area contributed by atoms with Crippen LogP contribution in [0.15, 0.2) is 18.2 Å². The van der Waals surface area contributed by atoms with Crippen molar-refractivity contribution in [3.63, 3.8) is 0 Å². The van der Waals surface area contributed by atoms with Gasteiger partial charge >= 0.3 is 23.1 Å². The fraction of sp³-hybridized carbons (Fsp3) is 0.571. The zero-order valence-electron chi connectivity index (χ0n) is 11.3. The number of halogens is 1. The molecule has 0 radical (unpaired) electrons. The van der Waals surface area contributed by atoms with Gasteiger partial charge in [-0.3, -0.25) is 0 Å². The van der Waals surface area contributed by atoms with Crippen molar-refractivity contribution < 1.29 is 12.4 Å². The molecule has 0 saturated carbocycles. The van der Waals surface area contributed by atoms with Crippen molar-refractivity contribution in [1.82, 2.24) is 0 Å². The Morgan fingerprint density at radius 3 is 1.38 bits per heavy atom. The van der Waals surface area contributed by atoms with Gasteiger partial charge in [-0.1, -0.05) is 52.4 Å². The van der Waals surface area contributed by atoms with Gasteiger partial charge in [0, 0.05) is 0 Å². The van der Waals surface area contributed by atoms with Crippen LogP contribution >= 0.6 is 0 Å². The summed E-state index contributed by atoms with van der Waals surface area (Å²) in [6.45, 7) is 13.4. The van der Waals surface area contributed by atoms with Crippen LogP contribution in [0.4, 0.5) is 0 Å². The first-order valence-electron chi connectivity index (χ1n) is 5.23. The average Bonchev–Trinajstić information content (AvgIpc) is 2.01. The molecule has 0 nitrogen and oxygen atoms in total. The van der Waals surface area contributed by atoms with Gasteiger partial charge < -0.3 is 12.4 Å². The second-order valence-electron chi connectivity index (χ2n) is 6.01. The molecule has 0 N–H and O–H groups in total. The molecule has 0 aliphatic rings. The van der Waals surface area contributed by atoms with Crippen LogP contribution in [0.25, 0.3) is 0 Å². The molecule has 2 heteroatoms. The van der Waals surface area contributed by atoms with Crippen LogP contribution in [0.5, 0.6) is 0 Å². The molecule has 1 aromatic carbocycles. The van der Waals surface area contributed by atoms with Gasteiger partial charge in [-0.15, -0.1) is 0 Å². The van der Waals surface area contributed by atoms with Crippen molar-refractivity contribution in [2.45, 2.75) is 52.4 Å². The molecule has 16 heavy (non-hydrogen) atoms. The van der Waals surface area contributed by atoms with E-state index in [1.54, 1.807) is 0 Å². The first-order chi connectivity index (χ1) is 6.21. The summed E-state index contributed by atoms with van der Waals surface area (Å²) in [4.78, 5) is 0. The molecule has 1 rings (SSSR count). The van der Waals surface area contributed by atoms with Crippen molar-refractivity contribution in [2.75, 3.05) is 0 Å². The van der Waals surface area contributed by atoms with Crippen LogP contribution in [-0.2, 0) is 10.8 Å². The molecule has 86 valence electrons. The van der Waals surface area contributed by atoms with Gasteiger partial charge in [0.1, 0.15) is 0 Å². The predicted octanol–water partition coefficient (Wildman–Crippen LogP) is 0.705. The number of hydrogen-bond donors (Lipinski definition) is 0. The third-order valence-corrected chi connectivity index (χ3v) is 2.52. The Balaban J connectivity index is 0. The molecule has 0 aliphatic carbocycles. The molecule has 1 aromatic rings. The van der Waals surface area contributed by atoms with Crippen molar-refractivity contribution in [2.24, 2.45) is 0 Å². The third-order valence-electron chi connectivity index (χ3n) is 2.52. The summed E-state index contributed by atoms with van der Waals surface area (Å²) in [5, 5.41) is 0. The topological polar surface area (TPSA) is 0 Å². The van der Waals surface area contributed by atoms with Crippen LogP contribution < -0.4 is 12.4 Å². The SMILES string of the molecule is CC(C)(C)c1c[c-]cc(C(C)(C)C)c1.[Cl-].[Mg+2]. The molecule has 0 unspecified atom stereocenters. The Morgan fingerprint density at radius 1 is 0.812 bits per heavy atom. The van der Waals surface area contributed by atoms with Gasteiger partial charge in [0.05, 0.1) is 0 Å². The van der Waals surface area contributed by atoms with Crippen LogP contribution in [0.2, 0.25) is 0 Å². The van der Waals surface area contributed by atoms with Gasteiger partial charge in [0.2, 0.25) is 0 Å². The van der Waals surface area contributed by atoms with E-state index in [0.717, 1.165) is 0 Å². The zero-order valence-corrected chi connectivity index (χ0v) is 13.5. The van der Waals surface area contributed by atoms with Gasteiger partial charge in [-0.05, 0) is 0 Å². The Morgan fingerprint density at radius 2 is 1.12 bits per heavy atom. The third kappa shape index (κ3) is 5.07. The molecule has 0 aliphatic heterocycles. The number of rotatable bonds is 0. The van der Waals surface area contributed by atoms with E-state index in [2.05, 4.69) is 65.8 Å². The van der Waals surface area contributed by atoms with E-state index in [9.17, 15) is 0 Å². The number of hydrogen-bond acceptors (Lipinski definition) is 0. The van der Waals surface area contributed by atoms with E-state index < -0.39 is 0 Å². The normalized spacial score (nSPS) is 11.4. The molecule has 0 spiro atoms. The van der Waals surface area contributed by atoms with E-state index in [0.29, 0.717) is 0 Å². The number of benzene rings is 1. The van der Waals surface area contributed by atoms with E-state index in [1.165, 1.54) is 11.1 Å². The van der Waals surface area contributed by atoms with E-state index in [-0.39, 0.29) is 46.3 Å². The summed E-state index contributed by atoms with van der Waals surface area (Å²) in [7, 11) is 0. The molecule has 0 saturated heterocycles. The Labute approximate surface area is 123 Å².